The molecule has 3 N–H and O–H groups in total. The van der Waals surface area contributed by atoms with Crippen LogP contribution in [0.2, 0.25) is 10.0 Å². The summed E-state index contributed by atoms with van der Waals surface area (Å²) in [5.41, 5.74) is 3.19. The van der Waals surface area contributed by atoms with Crippen LogP contribution in [0.5, 0.6) is 11.5 Å². The molecular formula is C23H25Cl2IN4O5. The van der Waals surface area contributed by atoms with Crippen LogP contribution in [0.15, 0.2) is 35.4 Å². The molecule has 0 radical (unpaired) electrons. The number of hydrazone groups is 1. The lowest BCUT2D eigenvalue weighted by Crippen LogP contribution is -2.41. The molecule has 188 valence electrons. The number of rotatable bonds is 10. The molecule has 0 aromatic heterocycles. The van der Waals surface area contributed by atoms with Crippen molar-refractivity contribution in [3.63, 3.8) is 0 Å². The number of hydrogen-bond acceptors (Lipinski definition) is 6. The summed E-state index contributed by atoms with van der Waals surface area (Å²) in [5.74, 6) is -1.29. The Morgan fingerprint density at radius 3 is 2.51 bits per heavy atom. The Morgan fingerprint density at radius 1 is 1.11 bits per heavy atom. The Morgan fingerprint density at radius 2 is 1.86 bits per heavy atom. The zero-order valence-electron chi connectivity index (χ0n) is 19.3. The van der Waals surface area contributed by atoms with Gasteiger partial charge in [-0.3, -0.25) is 14.4 Å². The van der Waals surface area contributed by atoms with Crippen molar-refractivity contribution < 1.29 is 23.9 Å². The summed E-state index contributed by atoms with van der Waals surface area (Å²) in [5, 5.41) is 9.81. The SMILES string of the molecule is CCOc1cc(/C=N\NC(=O)C(=O)N[C@@H](C)CC)cc(I)c1OCC(=O)Nc1ccc(Cl)cc1Cl. The van der Waals surface area contributed by atoms with Gasteiger partial charge < -0.3 is 20.1 Å². The lowest BCUT2D eigenvalue weighted by molar-refractivity contribution is -0.139. The second-order valence-electron chi connectivity index (χ2n) is 7.21. The summed E-state index contributed by atoms with van der Waals surface area (Å²) in [7, 11) is 0. The van der Waals surface area contributed by atoms with Crippen molar-refractivity contribution in [2.75, 3.05) is 18.5 Å². The molecule has 2 rings (SSSR count). The van der Waals surface area contributed by atoms with Crippen LogP contribution in [0, 0.1) is 3.57 Å². The fourth-order valence-electron chi connectivity index (χ4n) is 2.59. The predicted molar refractivity (Wildman–Crippen MR) is 145 cm³/mol. The number of benzene rings is 2. The first-order valence-electron chi connectivity index (χ1n) is 10.6. The molecule has 0 fully saturated rings. The van der Waals surface area contributed by atoms with Gasteiger partial charge in [-0.1, -0.05) is 30.1 Å². The van der Waals surface area contributed by atoms with Crippen molar-refractivity contribution in [3.8, 4) is 11.5 Å². The average Bonchev–Trinajstić information content (AvgIpc) is 2.80. The molecule has 2 aromatic carbocycles. The van der Waals surface area contributed by atoms with Gasteiger partial charge in [0.1, 0.15) is 0 Å². The van der Waals surface area contributed by atoms with Gasteiger partial charge in [-0.25, -0.2) is 5.43 Å². The van der Waals surface area contributed by atoms with Gasteiger partial charge in [-0.05, 0) is 78.8 Å². The maximum Gasteiger partial charge on any atom is 0.329 e. The van der Waals surface area contributed by atoms with Crippen molar-refractivity contribution in [2.24, 2.45) is 5.10 Å². The van der Waals surface area contributed by atoms with Gasteiger partial charge in [-0.2, -0.15) is 5.10 Å². The number of nitrogens with one attached hydrogen (secondary N) is 3. The van der Waals surface area contributed by atoms with Crippen molar-refractivity contribution in [3.05, 3.63) is 49.5 Å². The Bertz CT molecular complexity index is 1110. The van der Waals surface area contributed by atoms with Crippen LogP contribution >= 0.6 is 45.8 Å². The molecule has 0 aliphatic rings. The molecule has 35 heavy (non-hydrogen) atoms. The first kappa shape index (κ1) is 28.7. The molecule has 1 atom stereocenters. The topological polar surface area (TPSA) is 118 Å². The standard InChI is InChI=1S/C23H25Cl2IN4O5/c1-4-13(3)28-22(32)23(33)30-27-11-14-8-17(26)21(19(9-14)34-5-2)35-12-20(31)29-18-7-6-15(24)10-16(18)25/h6-11,13H,4-5,12H2,1-3H3,(H,28,32)(H,29,31)(H,30,33)/b27-11-/t13-/m0/s1. The van der Waals surface area contributed by atoms with Crippen molar-refractivity contribution in [1.29, 1.82) is 0 Å². The van der Waals surface area contributed by atoms with E-state index in [9.17, 15) is 14.4 Å². The fourth-order valence-corrected chi connectivity index (χ4v) is 3.82. The predicted octanol–water partition coefficient (Wildman–Crippen LogP) is 4.38. The quantitative estimate of drug-likeness (QED) is 0.155. The molecule has 0 bridgehead atoms. The number of amides is 3. The maximum atomic E-state index is 12.4. The Kier molecular flexibility index (Phi) is 11.5. The van der Waals surface area contributed by atoms with E-state index in [0.29, 0.717) is 49.4 Å². The lowest BCUT2D eigenvalue weighted by Gasteiger charge is -2.15. The van der Waals surface area contributed by atoms with E-state index < -0.39 is 17.7 Å². The number of carbonyl (C=O) groups is 3. The van der Waals surface area contributed by atoms with Crippen LogP contribution in [-0.4, -0.2) is 43.2 Å². The summed E-state index contributed by atoms with van der Waals surface area (Å²) in [6.07, 6.45) is 2.07. The third-order valence-electron chi connectivity index (χ3n) is 4.46. The maximum absolute atomic E-state index is 12.4. The highest BCUT2D eigenvalue weighted by molar-refractivity contribution is 14.1. The zero-order valence-corrected chi connectivity index (χ0v) is 23.0. The molecule has 0 saturated heterocycles. The van der Waals surface area contributed by atoms with Crippen LogP contribution in [0.3, 0.4) is 0 Å². The van der Waals surface area contributed by atoms with Gasteiger partial charge in [0.2, 0.25) is 0 Å². The minimum absolute atomic E-state index is 0.120. The summed E-state index contributed by atoms with van der Waals surface area (Å²) >= 11 is 14.0. The van der Waals surface area contributed by atoms with Crippen LogP contribution in [0.25, 0.3) is 0 Å². The number of nitrogens with zero attached hydrogens (tertiary/aromatic N) is 1. The number of ether oxygens (including phenoxy) is 2. The highest BCUT2D eigenvalue weighted by atomic mass is 127. The van der Waals surface area contributed by atoms with E-state index in [1.807, 2.05) is 36.4 Å². The summed E-state index contributed by atoms with van der Waals surface area (Å²) < 4.78 is 12.0. The summed E-state index contributed by atoms with van der Waals surface area (Å²) in [6, 6.07) is 7.98. The number of anilines is 1. The fraction of sp³-hybridized carbons (Fsp3) is 0.304. The molecule has 0 unspecified atom stereocenters. The van der Waals surface area contributed by atoms with E-state index in [1.165, 1.54) is 12.3 Å². The Balaban J connectivity index is 2.05. The van der Waals surface area contributed by atoms with Gasteiger partial charge >= 0.3 is 11.8 Å². The second kappa shape index (κ2) is 14.1. The van der Waals surface area contributed by atoms with Gasteiger partial charge in [0.25, 0.3) is 5.91 Å². The van der Waals surface area contributed by atoms with E-state index in [4.69, 9.17) is 32.7 Å². The smallest absolute Gasteiger partial charge is 0.329 e. The van der Waals surface area contributed by atoms with Crippen molar-refractivity contribution in [1.82, 2.24) is 10.7 Å². The molecule has 0 spiro atoms. The highest BCUT2D eigenvalue weighted by Crippen LogP contribution is 2.34. The molecule has 0 heterocycles. The van der Waals surface area contributed by atoms with Gasteiger partial charge in [0.15, 0.2) is 18.1 Å². The first-order valence-corrected chi connectivity index (χ1v) is 12.5. The molecule has 0 saturated carbocycles. The van der Waals surface area contributed by atoms with E-state index >= 15 is 0 Å². The first-order chi connectivity index (χ1) is 16.6. The van der Waals surface area contributed by atoms with Crippen molar-refractivity contribution in [2.45, 2.75) is 33.2 Å². The molecule has 2 aromatic rings. The third-order valence-corrected chi connectivity index (χ3v) is 5.81. The van der Waals surface area contributed by atoms with Crippen LogP contribution < -0.4 is 25.5 Å². The minimum atomic E-state index is -0.868. The van der Waals surface area contributed by atoms with Crippen LogP contribution in [-0.2, 0) is 14.4 Å². The zero-order chi connectivity index (χ0) is 26.0. The van der Waals surface area contributed by atoms with E-state index in [2.05, 4.69) is 21.2 Å². The molecule has 12 heteroatoms. The van der Waals surface area contributed by atoms with E-state index in [0.717, 1.165) is 0 Å². The van der Waals surface area contributed by atoms with Gasteiger partial charge in [0, 0.05) is 11.1 Å². The molecule has 0 aliphatic heterocycles. The molecule has 0 aliphatic carbocycles. The summed E-state index contributed by atoms with van der Waals surface area (Å²) in [6.45, 7) is 5.57. The largest absolute Gasteiger partial charge is 0.490 e. The van der Waals surface area contributed by atoms with Crippen molar-refractivity contribution >= 4 is 75.4 Å². The molecule has 9 nitrogen and oxygen atoms in total. The molecule has 3 amide bonds. The normalized spacial score (nSPS) is 11.6. The third kappa shape index (κ3) is 9.19. The number of halogens is 3. The average molecular weight is 635 g/mol. The monoisotopic (exact) mass is 634 g/mol. The van der Waals surface area contributed by atoms with Crippen LogP contribution in [0.1, 0.15) is 32.8 Å². The lowest BCUT2D eigenvalue weighted by atomic mass is 10.2. The number of carbonyl (C=O) groups excluding carboxylic acids is 3. The van der Waals surface area contributed by atoms with E-state index in [-0.39, 0.29) is 12.6 Å². The van der Waals surface area contributed by atoms with Gasteiger partial charge in [0.05, 0.1) is 27.1 Å². The van der Waals surface area contributed by atoms with E-state index in [1.54, 1.807) is 31.2 Å². The second-order valence-corrected chi connectivity index (χ2v) is 9.21. The summed E-state index contributed by atoms with van der Waals surface area (Å²) in [4.78, 5) is 36.0. The molecular weight excluding hydrogens is 610 g/mol. The highest BCUT2D eigenvalue weighted by Gasteiger charge is 2.16. The minimum Gasteiger partial charge on any atom is -0.490 e. The van der Waals surface area contributed by atoms with Gasteiger partial charge in [-0.15, -0.1) is 0 Å². The Labute approximate surface area is 227 Å². The Hall–Kier alpha value is -2.57. The van der Waals surface area contributed by atoms with Crippen LogP contribution in [0.4, 0.5) is 5.69 Å². The number of hydrogen-bond donors (Lipinski definition) is 3.